The first-order chi connectivity index (χ1) is 10.9. The van der Waals surface area contributed by atoms with Crippen LogP contribution in [-0.4, -0.2) is 25.3 Å². The van der Waals surface area contributed by atoms with Gasteiger partial charge in [-0.05, 0) is 17.5 Å². The summed E-state index contributed by atoms with van der Waals surface area (Å²) >= 11 is 0. The summed E-state index contributed by atoms with van der Waals surface area (Å²) in [7, 11) is 0. The molecule has 1 fully saturated rings. The van der Waals surface area contributed by atoms with Gasteiger partial charge in [0.25, 0.3) is 0 Å². The van der Waals surface area contributed by atoms with Gasteiger partial charge in [-0.15, -0.1) is 0 Å². The molecule has 0 saturated carbocycles. The zero-order valence-electron chi connectivity index (χ0n) is 12.8. The fourth-order valence-corrected chi connectivity index (χ4v) is 2.72. The maximum absolute atomic E-state index is 5.97. The second kappa shape index (κ2) is 8.08. The number of benzene rings is 2. The third kappa shape index (κ3) is 4.67. The molecule has 1 saturated heterocycles. The molecule has 2 aromatic carbocycles. The molecule has 1 aliphatic heterocycles. The van der Waals surface area contributed by atoms with Crippen molar-refractivity contribution in [2.75, 3.05) is 13.2 Å². The van der Waals surface area contributed by atoms with Crippen molar-refractivity contribution in [3.05, 3.63) is 71.8 Å². The minimum Gasteiger partial charge on any atom is -0.375 e. The maximum Gasteiger partial charge on any atom is 0.0721 e. The van der Waals surface area contributed by atoms with Gasteiger partial charge in [0.15, 0.2) is 0 Å². The van der Waals surface area contributed by atoms with Crippen molar-refractivity contribution in [1.82, 2.24) is 5.32 Å². The monoisotopic (exact) mass is 297 g/mol. The van der Waals surface area contributed by atoms with Gasteiger partial charge in [-0.2, -0.15) is 0 Å². The van der Waals surface area contributed by atoms with Gasteiger partial charge in [0.05, 0.1) is 25.9 Å². The first kappa shape index (κ1) is 15.2. The molecule has 1 N–H and O–H groups in total. The zero-order valence-corrected chi connectivity index (χ0v) is 12.8. The molecule has 3 rings (SSSR count). The Bertz CT molecular complexity index is 544. The summed E-state index contributed by atoms with van der Waals surface area (Å²) in [5.74, 6) is 0. The van der Waals surface area contributed by atoms with E-state index in [2.05, 4.69) is 29.6 Å². The molecular weight excluding hydrogens is 274 g/mol. The Morgan fingerprint density at radius 3 is 2.18 bits per heavy atom. The van der Waals surface area contributed by atoms with Crippen LogP contribution in [0.1, 0.15) is 17.5 Å². The third-order valence-electron chi connectivity index (χ3n) is 3.94. The molecule has 0 bridgehead atoms. The SMILES string of the molecule is c1ccc(COC[C@@H]2C[C@H](OCc3ccccc3)CN2)cc1. The predicted molar refractivity (Wildman–Crippen MR) is 87.5 cm³/mol. The molecule has 3 heteroatoms. The van der Waals surface area contributed by atoms with Gasteiger partial charge in [-0.3, -0.25) is 0 Å². The number of rotatable bonds is 7. The van der Waals surface area contributed by atoms with E-state index < -0.39 is 0 Å². The topological polar surface area (TPSA) is 30.5 Å². The Morgan fingerprint density at radius 2 is 1.50 bits per heavy atom. The summed E-state index contributed by atoms with van der Waals surface area (Å²) in [5.41, 5.74) is 2.45. The second-order valence-corrected chi connectivity index (χ2v) is 5.76. The standard InChI is InChI=1S/C19H23NO2/c1-3-7-16(8-4-1)13-21-15-18-11-19(12-20-18)22-14-17-9-5-2-6-10-17/h1-10,18-20H,11-15H2/t18-,19-/m0/s1. The molecule has 22 heavy (non-hydrogen) atoms. The van der Waals surface area contributed by atoms with Gasteiger partial charge in [-0.1, -0.05) is 60.7 Å². The lowest BCUT2D eigenvalue weighted by Gasteiger charge is -2.12. The van der Waals surface area contributed by atoms with Crippen molar-refractivity contribution < 1.29 is 9.47 Å². The third-order valence-corrected chi connectivity index (χ3v) is 3.94. The van der Waals surface area contributed by atoms with E-state index in [1.165, 1.54) is 11.1 Å². The molecule has 0 aliphatic carbocycles. The highest BCUT2D eigenvalue weighted by Crippen LogP contribution is 2.14. The van der Waals surface area contributed by atoms with Crippen LogP contribution >= 0.6 is 0 Å². The molecule has 0 aromatic heterocycles. The minimum absolute atomic E-state index is 0.283. The lowest BCUT2D eigenvalue weighted by molar-refractivity contribution is 0.0472. The summed E-state index contributed by atoms with van der Waals surface area (Å²) < 4.78 is 11.8. The summed E-state index contributed by atoms with van der Waals surface area (Å²) in [6.45, 7) is 3.01. The van der Waals surface area contributed by atoms with Crippen molar-refractivity contribution >= 4 is 0 Å². The van der Waals surface area contributed by atoms with Crippen molar-refractivity contribution in [1.29, 1.82) is 0 Å². The van der Waals surface area contributed by atoms with Gasteiger partial charge >= 0.3 is 0 Å². The predicted octanol–water partition coefficient (Wildman–Crippen LogP) is 3.15. The largest absolute Gasteiger partial charge is 0.375 e. The zero-order chi connectivity index (χ0) is 15.0. The normalized spacial score (nSPS) is 21.1. The van der Waals surface area contributed by atoms with E-state index in [-0.39, 0.29) is 6.10 Å². The molecule has 116 valence electrons. The van der Waals surface area contributed by atoms with E-state index in [1.54, 1.807) is 0 Å². The molecular formula is C19H23NO2. The highest BCUT2D eigenvalue weighted by molar-refractivity contribution is 5.14. The van der Waals surface area contributed by atoms with Crippen LogP contribution < -0.4 is 5.32 Å². The van der Waals surface area contributed by atoms with Crippen molar-refractivity contribution in [2.45, 2.75) is 31.8 Å². The smallest absolute Gasteiger partial charge is 0.0721 e. The molecule has 3 nitrogen and oxygen atoms in total. The van der Waals surface area contributed by atoms with E-state index in [1.807, 2.05) is 36.4 Å². The van der Waals surface area contributed by atoms with Gasteiger partial charge in [0.2, 0.25) is 0 Å². The van der Waals surface area contributed by atoms with Crippen LogP contribution in [0.3, 0.4) is 0 Å². The molecule has 0 radical (unpaired) electrons. The molecule has 0 unspecified atom stereocenters. The maximum atomic E-state index is 5.97. The lowest BCUT2D eigenvalue weighted by atomic mass is 10.2. The fraction of sp³-hybridized carbons (Fsp3) is 0.368. The van der Waals surface area contributed by atoms with Crippen LogP contribution in [0, 0.1) is 0 Å². The average Bonchev–Trinajstić information content (AvgIpc) is 3.03. The van der Waals surface area contributed by atoms with Crippen LogP contribution in [0.2, 0.25) is 0 Å². The Balaban J connectivity index is 1.34. The van der Waals surface area contributed by atoms with E-state index in [0.717, 1.165) is 19.6 Å². The average molecular weight is 297 g/mol. The number of nitrogens with one attached hydrogen (secondary N) is 1. The van der Waals surface area contributed by atoms with Crippen molar-refractivity contribution in [3.63, 3.8) is 0 Å². The Hall–Kier alpha value is -1.68. The van der Waals surface area contributed by atoms with Gasteiger partial charge in [0.1, 0.15) is 0 Å². The van der Waals surface area contributed by atoms with Gasteiger partial charge in [-0.25, -0.2) is 0 Å². The van der Waals surface area contributed by atoms with Crippen LogP contribution in [0.25, 0.3) is 0 Å². The molecule has 0 spiro atoms. The van der Waals surface area contributed by atoms with Gasteiger partial charge < -0.3 is 14.8 Å². The minimum atomic E-state index is 0.283. The molecule has 0 amide bonds. The second-order valence-electron chi connectivity index (χ2n) is 5.76. The Morgan fingerprint density at radius 1 is 0.864 bits per heavy atom. The van der Waals surface area contributed by atoms with Crippen molar-refractivity contribution in [2.24, 2.45) is 0 Å². The highest BCUT2D eigenvalue weighted by atomic mass is 16.5. The van der Waals surface area contributed by atoms with E-state index >= 15 is 0 Å². The highest BCUT2D eigenvalue weighted by Gasteiger charge is 2.24. The summed E-state index contributed by atoms with van der Waals surface area (Å²) in [5, 5.41) is 3.48. The number of hydrogen-bond donors (Lipinski definition) is 1. The molecule has 2 aromatic rings. The van der Waals surface area contributed by atoms with E-state index in [9.17, 15) is 0 Å². The van der Waals surface area contributed by atoms with Crippen LogP contribution in [-0.2, 0) is 22.7 Å². The Labute approximate surface area is 132 Å². The van der Waals surface area contributed by atoms with Gasteiger partial charge in [0, 0.05) is 12.6 Å². The first-order valence-corrected chi connectivity index (χ1v) is 7.91. The van der Waals surface area contributed by atoms with Crippen molar-refractivity contribution in [3.8, 4) is 0 Å². The summed E-state index contributed by atoms with van der Waals surface area (Å²) in [6.07, 6.45) is 1.30. The van der Waals surface area contributed by atoms with Crippen LogP contribution in [0.5, 0.6) is 0 Å². The van der Waals surface area contributed by atoms with E-state index in [4.69, 9.17) is 9.47 Å². The van der Waals surface area contributed by atoms with E-state index in [0.29, 0.717) is 19.3 Å². The molecule has 2 atom stereocenters. The fourth-order valence-electron chi connectivity index (χ4n) is 2.72. The summed E-state index contributed by atoms with van der Waals surface area (Å²) in [6, 6.07) is 21.0. The first-order valence-electron chi connectivity index (χ1n) is 7.91. The molecule has 1 heterocycles. The summed E-state index contributed by atoms with van der Waals surface area (Å²) in [4.78, 5) is 0. The number of ether oxygens (including phenoxy) is 2. The van der Waals surface area contributed by atoms with Crippen LogP contribution in [0.15, 0.2) is 60.7 Å². The Kier molecular flexibility index (Phi) is 5.59. The molecule has 1 aliphatic rings. The lowest BCUT2D eigenvalue weighted by Crippen LogP contribution is -2.26. The number of hydrogen-bond acceptors (Lipinski definition) is 3. The quantitative estimate of drug-likeness (QED) is 0.851. The van der Waals surface area contributed by atoms with Crippen LogP contribution in [0.4, 0.5) is 0 Å².